The van der Waals surface area contributed by atoms with Crippen LogP contribution in [0.1, 0.15) is 18.1 Å². The number of rotatable bonds is 3. The molecule has 8 heteroatoms. The molecule has 0 saturated carbocycles. The molecule has 0 aromatic heterocycles. The SMILES string of the molecule is Cc1ccc([C@@]2(C)NC(=O)N(CC(=O)N3CC(=O)Nc4ccccc43)C2=O)cc1. The van der Waals surface area contributed by atoms with E-state index in [4.69, 9.17) is 0 Å². The summed E-state index contributed by atoms with van der Waals surface area (Å²) in [5.41, 5.74) is 1.47. The molecule has 2 aromatic rings. The molecule has 5 amide bonds. The van der Waals surface area contributed by atoms with Gasteiger partial charge in [0.2, 0.25) is 11.8 Å². The van der Waals surface area contributed by atoms with Gasteiger partial charge in [-0.05, 0) is 31.5 Å². The first-order chi connectivity index (χ1) is 13.8. The summed E-state index contributed by atoms with van der Waals surface area (Å²) in [6.45, 7) is 2.92. The van der Waals surface area contributed by atoms with Gasteiger partial charge in [0, 0.05) is 0 Å². The molecule has 2 heterocycles. The average Bonchev–Trinajstić information content (AvgIpc) is 2.91. The fourth-order valence-corrected chi connectivity index (χ4v) is 3.60. The number of anilines is 2. The van der Waals surface area contributed by atoms with E-state index in [0.29, 0.717) is 16.9 Å². The molecule has 29 heavy (non-hydrogen) atoms. The van der Waals surface area contributed by atoms with E-state index in [1.165, 1.54) is 4.90 Å². The maximum Gasteiger partial charge on any atom is 0.325 e. The van der Waals surface area contributed by atoms with Crippen LogP contribution >= 0.6 is 0 Å². The lowest BCUT2D eigenvalue weighted by Gasteiger charge is -2.30. The third kappa shape index (κ3) is 3.12. The Morgan fingerprint density at radius 2 is 1.76 bits per heavy atom. The van der Waals surface area contributed by atoms with Crippen molar-refractivity contribution in [2.75, 3.05) is 23.3 Å². The Balaban J connectivity index is 1.58. The Bertz CT molecular complexity index is 1030. The molecule has 0 bridgehead atoms. The van der Waals surface area contributed by atoms with Gasteiger partial charge in [-0.15, -0.1) is 0 Å². The maximum absolute atomic E-state index is 13.0. The second kappa shape index (κ2) is 6.73. The van der Waals surface area contributed by atoms with Crippen molar-refractivity contribution in [3.05, 3.63) is 59.7 Å². The third-order valence-corrected chi connectivity index (χ3v) is 5.27. The standard InChI is InChI=1S/C21H20N4O4/c1-13-7-9-14(10-8-13)21(2)19(28)25(20(29)23-21)12-18(27)24-11-17(26)22-15-5-3-4-6-16(15)24/h3-10H,11-12H2,1-2H3,(H,22,26)(H,23,29)/t21-/m1/s1. The second-order valence-electron chi connectivity index (χ2n) is 7.36. The van der Waals surface area contributed by atoms with E-state index in [-0.39, 0.29) is 12.5 Å². The number of urea groups is 1. The minimum absolute atomic E-state index is 0.172. The van der Waals surface area contributed by atoms with Crippen molar-refractivity contribution in [2.24, 2.45) is 0 Å². The summed E-state index contributed by atoms with van der Waals surface area (Å²) in [7, 11) is 0. The highest BCUT2D eigenvalue weighted by Crippen LogP contribution is 2.31. The number of fused-ring (bicyclic) bond motifs is 1. The van der Waals surface area contributed by atoms with Gasteiger partial charge in [0.05, 0.1) is 11.4 Å². The van der Waals surface area contributed by atoms with E-state index < -0.39 is 29.9 Å². The summed E-state index contributed by atoms with van der Waals surface area (Å²) < 4.78 is 0. The van der Waals surface area contributed by atoms with Gasteiger partial charge in [-0.1, -0.05) is 42.0 Å². The highest BCUT2D eigenvalue weighted by Gasteiger charge is 2.49. The zero-order valence-corrected chi connectivity index (χ0v) is 16.1. The molecule has 2 N–H and O–H groups in total. The quantitative estimate of drug-likeness (QED) is 0.778. The summed E-state index contributed by atoms with van der Waals surface area (Å²) in [4.78, 5) is 52.6. The maximum atomic E-state index is 13.0. The summed E-state index contributed by atoms with van der Waals surface area (Å²) in [6, 6.07) is 13.5. The van der Waals surface area contributed by atoms with Crippen LogP contribution in [0.3, 0.4) is 0 Å². The van der Waals surface area contributed by atoms with Crippen molar-refractivity contribution in [2.45, 2.75) is 19.4 Å². The van der Waals surface area contributed by atoms with Crippen molar-refractivity contribution in [3.63, 3.8) is 0 Å². The first kappa shape index (κ1) is 18.7. The Labute approximate surface area is 167 Å². The average molecular weight is 392 g/mol. The molecule has 2 aliphatic heterocycles. The van der Waals surface area contributed by atoms with Crippen molar-refractivity contribution in [3.8, 4) is 0 Å². The van der Waals surface area contributed by atoms with Crippen LogP contribution in [0.5, 0.6) is 0 Å². The zero-order chi connectivity index (χ0) is 20.8. The molecule has 4 rings (SSSR count). The molecule has 8 nitrogen and oxygen atoms in total. The van der Waals surface area contributed by atoms with Crippen LogP contribution in [0, 0.1) is 6.92 Å². The number of benzene rings is 2. The van der Waals surface area contributed by atoms with E-state index in [2.05, 4.69) is 10.6 Å². The molecule has 0 aliphatic carbocycles. The lowest BCUT2D eigenvalue weighted by Crippen LogP contribution is -2.48. The van der Waals surface area contributed by atoms with E-state index >= 15 is 0 Å². The fraction of sp³-hybridized carbons (Fsp3) is 0.238. The fourth-order valence-electron chi connectivity index (χ4n) is 3.60. The number of amides is 5. The number of aryl methyl sites for hydroxylation is 1. The second-order valence-corrected chi connectivity index (χ2v) is 7.36. The minimum Gasteiger partial charge on any atom is -0.323 e. The van der Waals surface area contributed by atoms with Crippen LogP contribution < -0.4 is 15.5 Å². The van der Waals surface area contributed by atoms with E-state index in [9.17, 15) is 19.2 Å². The highest BCUT2D eigenvalue weighted by atomic mass is 16.2. The number of hydrogen-bond acceptors (Lipinski definition) is 4. The van der Waals surface area contributed by atoms with Crippen LogP contribution in [0.25, 0.3) is 0 Å². The number of nitrogens with one attached hydrogen (secondary N) is 2. The first-order valence-corrected chi connectivity index (χ1v) is 9.20. The van der Waals surface area contributed by atoms with Crippen molar-refractivity contribution >= 4 is 35.1 Å². The van der Waals surface area contributed by atoms with E-state index in [0.717, 1.165) is 10.5 Å². The van der Waals surface area contributed by atoms with E-state index in [1.807, 2.05) is 19.1 Å². The molecule has 2 aromatic carbocycles. The molecular weight excluding hydrogens is 372 g/mol. The van der Waals surface area contributed by atoms with Crippen LogP contribution in [0.15, 0.2) is 48.5 Å². The molecule has 148 valence electrons. The van der Waals surface area contributed by atoms with E-state index in [1.54, 1.807) is 43.3 Å². The smallest absolute Gasteiger partial charge is 0.323 e. The largest absolute Gasteiger partial charge is 0.325 e. The molecular formula is C21H20N4O4. The Kier molecular flexibility index (Phi) is 4.34. The number of hydrogen-bond donors (Lipinski definition) is 2. The topological polar surface area (TPSA) is 98.8 Å². The van der Waals surface area contributed by atoms with Gasteiger partial charge in [-0.3, -0.25) is 24.2 Å². The van der Waals surface area contributed by atoms with Crippen molar-refractivity contribution in [1.82, 2.24) is 10.2 Å². The predicted octanol–water partition coefficient (Wildman–Crippen LogP) is 1.75. The lowest BCUT2D eigenvalue weighted by molar-refractivity contribution is -0.134. The number of para-hydroxylation sites is 2. The minimum atomic E-state index is -1.25. The number of carbonyl (C=O) groups excluding carboxylic acids is 4. The predicted molar refractivity (Wildman–Crippen MR) is 106 cm³/mol. The normalized spacial score (nSPS) is 21.0. The summed E-state index contributed by atoms with van der Waals surface area (Å²) in [6.07, 6.45) is 0. The Morgan fingerprint density at radius 1 is 1.07 bits per heavy atom. The van der Waals surface area contributed by atoms with Crippen LogP contribution in [-0.4, -0.2) is 41.7 Å². The van der Waals surface area contributed by atoms with Crippen LogP contribution in [-0.2, 0) is 19.9 Å². The molecule has 1 atom stereocenters. The van der Waals surface area contributed by atoms with Crippen molar-refractivity contribution in [1.29, 1.82) is 0 Å². The van der Waals surface area contributed by atoms with Gasteiger partial charge < -0.3 is 10.6 Å². The summed E-state index contributed by atoms with van der Waals surface area (Å²) in [5.74, 6) is -1.35. The molecule has 1 fully saturated rings. The van der Waals surface area contributed by atoms with Gasteiger partial charge in [-0.25, -0.2) is 4.79 Å². The van der Waals surface area contributed by atoms with Crippen LogP contribution in [0.2, 0.25) is 0 Å². The van der Waals surface area contributed by atoms with Gasteiger partial charge in [-0.2, -0.15) is 0 Å². The lowest BCUT2D eigenvalue weighted by atomic mass is 9.91. The first-order valence-electron chi connectivity index (χ1n) is 9.20. The van der Waals surface area contributed by atoms with Crippen molar-refractivity contribution < 1.29 is 19.2 Å². The van der Waals surface area contributed by atoms with Gasteiger partial charge in [0.25, 0.3) is 5.91 Å². The van der Waals surface area contributed by atoms with Crippen LogP contribution in [0.4, 0.5) is 16.2 Å². The molecule has 0 unspecified atom stereocenters. The van der Waals surface area contributed by atoms with Gasteiger partial charge >= 0.3 is 6.03 Å². The van der Waals surface area contributed by atoms with Gasteiger partial charge in [0.1, 0.15) is 18.6 Å². The number of imide groups is 1. The number of nitrogens with zero attached hydrogens (tertiary/aromatic N) is 2. The molecule has 2 aliphatic rings. The Hall–Kier alpha value is -3.68. The Morgan fingerprint density at radius 3 is 2.48 bits per heavy atom. The summed E-state index contributed by atoms with van der Waals surface area (Å²) in [5, 5.41) is 5.39. The zero-order valence-electron chi connectivity index (χ0n) is 16.1. The molecule has 0 spiro atoms. The van der Waals surface area contributed by atoms with Gasteiger partial charge in [0.15, 0.2) is 0 Å². The third-order valence-electron chi connectivity index (χ3n) is 5.27. The highest BCUT2D eigenvalue weighted by molar-refractivity contribution is 6.14. The summed E-state index contributed by atoms with van der Waals surface area (Å²) >= 11 is 0. The molecule has 0 radical (unpaired) electrons. The number of carbonyl (C=O) groups is 4. The molecule has 1 saturated heterocycles. The monoisotopic (exact) mass is 392 g/mol.